The van der Waals surface area contributed by atoms with Crippen molar-refractivity contribution in [2.45, 2.75) is 24.2 Å². The highest BCUT2D eigenvalue weighted by Crippen LogP contribution is 2.22. The van der Waals surface area contributed by atoms with Crippen LogP contribution in [0.25, 0.3) is 0 Å². The molecule has 0 saturated heterocycles. The lowest BCUT2D eigenvalue weighted by Crippen LogP contribution is -2.29. The van der Waals surface area contributed by atoms with E-state index in [1.807, 2.05) is 0 Å². The molecule has 0 atom stereocenters. The van der Waals surface area contributed by atoms with Crippen LogP contribution in [0.2, 0.25) is 24.2 Å². The van der Waals surface area contributed by atoms with Gasteiger partial charge in [0, 0.05) is 0 Å². The Labute approximate surface area is 60.7 Å². The Kier molecular flexibility index (Phi) is 4.20. The molecule has 0 aromatic rings. The molecule has 0 heterocycles. The quantitative estimate of drug-likeness (QED) is 0.520. The van der Waals surface area contributed by atoms with E-state index >= 15 is 0 Å². The second-order valence-corrected chi connectivity index (χ2v) is 6.95. The molecule has 0 aliphatic rings. The summed E-state index contributed by atoms with van der Waals surface area (Å²) in [5, 5.41) is 0. The first-order valence-electron chi connectivity index (χ1n) is 3.05. The summed E-state index contributed by atoms with van der Waals surface area (Å²) in [6, 6.07) is 2.43. The van der Waals surface area contributed by atoms with Crippen LogP contribution in [0.3, 0.4) is 0 Å². The van der Waals surface area contributed by atoms with Gasteiger partial charge in [0.1, 0.15) is 0 Å². The van der Waals surface area contributed by atoms with E-state index in [1.165, 1.54) is 0 Å². The smallest absolute Gasteiger partial charge is 0.0537 e. The van der Waals surface area contributed by atoms with Gasteiger partial charge in [0.05, 0.1) is 8.07 Å². The minimum Gasteiger partial charge on any atom is -0.0537 e. The largest absolute Gasteiger partial charge is 0.0547 e. The van der Waals surface area contributed by atoms with Crippen molar-refractivity contribution in [3.63, 3.8) is 0 Å². The van der Waals surface area contributed by atoms with Gasteiger partial charge in [0.15, 0.2) is 0 Å². The molecule has 0 bridgehead atoms. The van der Waals surface area contributed by atoms with Gasteiger partial charge in [-0.15, -0.1) is 0 Å². The summed E-state index contributed by atoms with van der Waals surface area (Å²) >= 11 is 0. The minimum absolute atomic E-state index is 0.608. The SMILES string of the molecule is [CH]C[Si](C[CH])(C[CH])C[CH]. The van der Waals surface area contributed by atoms with Crippen LogP contribution in [0, 0.1) is 27.7 Å². The van der Waals surface area contributed by atoms with E-state index in [2.05, 4.69) is 0 Å². The van der Waals surface area contributed by atoms with E-state index in [1.54, 1.807) is 0 Å². The van der Waals surface area contributed by atoms with E-state index in [4.69, 9.17) is 27.7 Å². The Hall–Kier alpha value is 0.217. The summed E-state index contributed by atoms with van der Waals surface area (Å²) in [5.74, 6) is 0. The zero-order valence-electron chi connectivity index (χ0n) is 5.64. The van der Waals surface area contributed by atoms with Crippen molar-refractivity contribution in [3.8, 4) is 0 Å². The van der Waals surface area contributed by atoms with Gasteiger partial charge in [-0.05, 0) is 27.7 Å². The third kappa shape index (κ3) is 2.13. The minimum atomic E-state index is -1.58. The first-order valence-corrected chi connectivity index (χ1v) is 5.88. The molecule has 9 heavy (non-hydrogen) atoms. The van der Waals surface area contributed by atoms with Crippen LogP contribution in [0.4, 0.5) is 0 Å². The normalized spacial score (nSPS) is 12.0. The first-order chi connectivity index (χ1) is 4.24. The monoisotopic (exact) mass is 136 g/mol. The fourth-order valence-corrected chi connectivity index (χ4v) is 1.50. The zero-order chi connectivity index (χ0) is 7.33. The Balaban J connectivity index is 3.82. The topological polar surface area (TPSA) is 0 Å². The lowest BCUT2D eigenvalue weighted by atomic mass is 10.9. The highest BCUT2D eigenvalue weighted by molar-refractivity contribution is 6.80. The molecule has 48 valence electrons. The molecule has 0 aromatic carbocycles. The second kappa shape index (κ2) is 4.10. The lowest BCUT2D eigenvalue weighted by molar-refractivity contribution is 1.29. The fourth-order valence-electron chi connectivity index (χ4n) is 0.500. The van der Waals surface area contributed by atoms with E-state index in [-0.39, 0.29) is 0 Å². The van der Waals surface area contributed by atoms with Crippen molar-refractivity contribution < 1.29 is 0 Å². The predicted octanol–water partition coefficient (Wildman–Crippen LogP) is 2.28. The van der Waals surface area contributed by atoms with Crippen LogP contribution in [-0.4, -0.2) is 8.07 Å². The highest BCUT2D eigenvalue weighted by Gasteiger charge is 2.23. The van der Waals surface area contributed by atoms with Crippen LogP contribution in [0.1, 0.15) is 0 Å². The predicted molar refractivity (Wildman–Crippen MR) is 42.2 cm³/mol. The van der Waals surface area contributed by atoms with Crippen LogP contribution < -0.4 is 0 Å². The standard InChI is InChI=1S/C8H12Si/c1-5-9(6-2,7-3)8-4/h1-4H,5-8H2. The highest BCUT2D eigenvalue weighted by atomic mass is 28.3. The summed E-state index contributed by atoms with van der Waals surface area (Å²) in [4.78, 5) is 0. The number of rotatable bonds is 4. The number of hydrogen-bond donors (Lipinski definition) is 0. The van der Waals surface area contributed by atoms with Crippen molar-refractivity contribution in [1.29, 1.82) is 0 Å². The summed E-state index contributed by atoms with van der Waals surface area (Å²) in [7, 11) is -1.58. The van der Waals surface area contributed by atoms with Gasteiger partial charge in [-0.3, -0.25) is 0 Å². The van der Waals surface area contributed by atoms with Crippen LogP contribution in [0.5, 0.6) is 0 Å². The molecule has 1 heteroatoms. The van der Waals surface area contributed by atoms with Gasteiger partial charge in [-0.25, -0.2) is 0 Å². The molecule has 0 fully saturated rings. The average Bonchev–Trinajstić information content (AvgIpc) is 1.95. The molecule has 0 aliphatic carbocycles. The van der Waals surface area contributed by atoms with E-state index in [9.17, 15) is 0 Å². The molecule has 0 aliphatic heterocycles. The summed E-state index contributed by atoms with van der Waals surface area (Å²) in [6.07, 6.45) is 0. The van der Waals surface area contributed by atoms with Gasteiger partial charge >= 0.3 is 0 Å². The molecule has 0 N–H and O–H groups in total. The van der Waals surface area contributed by atoms with Crippen molar-refractivity contribution in [3.05, 3.63) is 27.7 Å². The number of hydrogen-bond acceptors (Lipinski definition) is 0. The molecule has 0 nitrogen and oxygen atoms in total. The molecule has 0 amide bonds. The molecule has 8 radical (unpaired) electrons. The fraction of sp³-hybridized carbons (Fsp3) is 0.500. The molecule has 0 rings (SSSR count). The lowest BCUT2D eigenvalue weighted by Gasteiger charge is -2.24. The van der Waals surface area contributed by atoms with E-state index in [0.717, 1.165) is 0 Å². The second-order valence-electron chi connectivity index (χ2n) is 2.32. The van der Waals surface area contributed by atoms with Crippen LogP contribution >= 0.6 is 0 Å². The van der Waals surface area contributed by atoms with Gasteiger partial charge in [0.25, 0.3) is 0 Å². The van der Waals surface area contributed by atoms with Crippen molar-refractivity contribution in [2.75, 3.05) is 0 Å². The maximum Gasteiger partial charge on any atom is 0.0547 e. The Morgan fingerprint density at radius 3 is 0.889 bits per heavy atom. The third-order valence-corrected chi connectivity index (χ3v) is 5.20. The van der Waals surface area contributed by atoms with Gasteiger partial charge < -0.3 is 0 Å². The van der Waals surface area contributed by atoms with E-state index < -0.39 is 8.07 Å². The van der Waals surface area contributed by atoms with Crippen molar-refractivity contribution in [2.24, 2.45) is 0 Å². The summed E-state index contributed by atoms with van der Waals surface area (Å²) in [5.41, 5.74) is 0. The zero-order valence-corrected chi connectivity index (χ0v) is 6.64. The van der Waals surface area contributed by atoms with Crippen LogP contribution in [0.15, 0.2) is 0 Å². The first kappa shape index (κ1) is 9.22. The molecule has 0 spiro atoms. The molecule has 0 saturated carbocycles. The van der Waals surface area contributed by atoms with Crippen LogP contribution in [-0.2, 0) is 0 Å². The Bertz CT molecular complexity index is 47.5. The van der Waals surface area contributed by atoms with Crippen molar-refractivity contribution in [1.82, 2.24) is 0 Å². The molecule has 0 unspecified atom stereocenters. The third-order valence-electron chi connectivity index (χ3n) is 1.73. The summed E-state index contributed by atoms with van der Waals surface area (Å²) < 4.78 is 0. The maximum atomic E-state index is 5.46. The van der Waals surface area contributed by atoms with Crippen molar-refractivity contribution >= 4 is 8.07 Å². The van der Waals surface area contributed by atoms with E-state index in [0.29, 0.717) is 24.2 Å². The van der Waals surface area contributed by atoms with Gasteiger partial charge in [-0.2, -0.15) is 0 Å². The molecular weight excluding hydrogens is 124 g/mol. The van der Waals surface area contributed by atoms with Gasteiger partial charge in [0.2, 0.25) is 0 Å². The Morgan fingerprint density at radius 1 is 0.667 bits per heavy atom. The molecular formula is C8H12Si. The average molecular weight is 136 g/mol. The maximum absolute atomic E-state index is 5.46. The summed E-state index contributed by atoms with van der Waals surface area (Å²) in [6.45, 7) is 21.8. The molecule has 0 aromatic heterocycles. The Morgan fingerprint density at radius 2 is 0.889 bits per heavy atom. The van der Waals surface area contributed by atoms with Gasteiger partial charge in [-0.1, -0.05) is 24.2 Å².